The number of pyridine rings is 2. The molecule has 142 valence electrons. The fourth-order valence-corrected chi connectivity index (χ4v) is 3.09. The third kappa shape index (κ3) is 7.03. The Morgan fingerprint density at radius 3 is 1.15 bits per heavy atom. The van der Waals surface area contributed by atoms with Gasteiger partial charge in [-0.2, -0.15) is 0 Å². The summed E-state index contributed by atoms with van der Waals surface area (Å²) in [5.74, 6) is 0. The van der Waals surface area contributed by atoms with Crippen LogP contribution in [0.25, 0.3) is 0 Å². The van der Waals surface area contributed by atoms with Gasteiger partial charge in [0, 0.05) is 76.7 Å². The van der Waals surface area contributed by atoms with Crippen LogP contribution in [0.4, 0.5) is 11.4 Å². The summed E-state index contributed by atoms with van der Waals surface area (Å²) in [6, 6.07) is 8.73. The van der Waals surface area contributed by atoms with Crippen LogP contribution in [0.2, 0.25) is 0 Å². The lowest BCUT2D eigenvalue weighted by molar-refractivity contribution is -0.697. The minimum atomic E-state index is 1.13. The second-order valence-corrected chi connectivity index (χ2v) is 7.50. The van der Waals surface area contributed by atoms with Gasteiger partial charge >= 0.3 is 0 Å². The molecule has 0 aliphatic rings. The van der Waals surface area contributed by atoms with Crippen molar-refractivity contribution in [2.45, 2.75) is 51.6 Å². The van der Waals surface area contributed by atoms with Gasteiger partial charge in [0.15, 0.2) is 24.8 Å². The molecule has 0 aliphatic heterocycles. The van der Waals surface area contributed by atoms with E-state index in [0.29, 0.717) is 0 Å². The fourth-order valence-electron chi connectivity index (χ4n) is 3.09. The average Bonchev–Trinajstić information content (AvgIpc) is 2.64. The first-order chi connectivity index (χ1) is 12.6. The van der Waals surface area contributed by atoms with E-state index in [-0.39, 0.29) is 0 Å². The molecule has 0 saturated carbocycles. The zero-order valence-electron chi connectivity index (χ0n) is 17.1. The van der Waals surface area contributed by atoms with Crippen molar-refractivity contribution in [3.05, 3.63) is 49.1 Å². The van der Waals surface area contributed by atoms with Crippen molar-refractivity contribution < 1.29 is 9.13 Å². The number of hydrogen-bond acceptors (Lipinski definition) is 2. The van der Waals surface area contributed by atoms with Crippen LogP contribution < -0.4 is 18.9 Å². The Labute approximate surface area is 159 Å². The van der Waals surface area contributed by atoms with E-state index in [4.69, 9.17) is 0 Å². The SMILES string of the molecule is CN(C)c1cc[n+](CCCCCCCC[n+]2ccc(N(C)C)cc2)cc1. The van der Waals surface area contributed by atoms with Crippen molar-refractivity contribution in [2.24, 2.45) is 0 Å². The molecule has 0 spiro atoms. The summed E-state index contributed by atoms with van der Waals surface area (Å²) in [7, 11) is 8.32. The number of hydrogen-bond donors (Lipinski definition) is 0. The van der Waals surface area contributed by atoms with E-state index in [9.17, 15) is 0 Å². The molecule has 0 atom stereocenters. The van der Waals surface area contributed by atoms with Gasteiger partial charge < -0.3 is 9.80 Å². The van der Waals surface area contributed by atoms with Crippen LogP contribution in [0.1, 0.15) is 38.5 Å². The molecule has 0 fully saturated rings. The van der Waals surface area contributed by atoms with Crippen LogP contribution in [0.5, 0.6) is 0 Å². The van der Waals surface area contributed by atoms with E-state index in [1.54, 1.807) is 0 Å². The van der Waals surface area contributed by atoms with Gasteiger partial charge in [0.2, 0.25) is 0 Å². The molecule has 0 amide bonds. The first kappa shape index (κ1) is 20.2. The van der Waals surface area contributed by atoms with Gasteiger partial charge in [-0.1, -0.05) is 12.8 Å². The lowest BCUT2D eigenvalue weighted by atomic mass is 10.1. The lowest BCUT2D eigenvalue weighted by Crippen LogP contribution is -2.33. The van der Waals surface area contributed by atoms with E-state index in [0.717, 1.165) is 13.1 Å². The van der Waals surface area contributed by atoms with Gasteiger partial charge in [0.05, 0.1) is 0 Å². The molecule has 2 aromatic heterocycles. The number of nitrogens with zero attached hydrogens (tertiary/aromatic N) is 4. The van der Waals surface area contributed by atoms with Crippen LogP contribution in [0.15, 0.2) is 49.1 Å². The van der Waals surface area contributed by atoms with E-state index >= 15 is 0 Å². The number of rotatable bonds is 11. The fraction of sp³-hybridized carbons (Fsp3) is 0.545. The smallest absolute Gasteiger partial charge is 0.170 e. The molecule has 0 aromatic carbocycles. The molecule has 0 bridgehead atoms. The maximum absolute atomic E-state index is 2.29. The van der Waals surface area contributed by atoms with Crippen molar-refractivity contribution in [3.63, 3.8) is 0 Å². The van der Waals surface area contributed by atoms with Gasteiger partial charge in [-0.25, -0.2) is 9.13 Å². The topological polar surface area (TPSA) is 14.2 Å². The first-order valence-corrected chi connectivity index (χ1v) is 9.89. The zero-order valence-corrected chi connectivity index (χ0v) is 17.1. The Balaban J connectivity index is 1.51. The third-order valence-electron chi connectivity index (χ3n) is 4.86. The molecule has 0 radical (unpaired) electrons. The van der Waals surface area contributed by atoms with Crippen molar-refractivity contribution in [2.75, 3.05) is 38.0 Å². The van der Waals surface area contributed by atoms with Crippen LogP contribution in [0.3, 0.4) is 0 Å². The van der Waals surface area contributed by atoms with E-state index < -0.39 is 0 Å². The summed E-state index contributed by atoms with van der Waals surface area (Å²) in [5, 5.41) is 0. The standard InChI is InChI=1S/C22H36N4/c1-23(2)21-11-17-25(18-12-21)15-9-7-5-6-8-10-16-26-19-13-22(14-20-26)24(3)4/h11-14,17-20H,5-10,15-16H2,1-4H3/q+2. The maximum atomic E-state index is 2.29. The highest BCUT2D eigenvalue weighted by molar-refractivity contribution is 5.41. The van der Waals surface area contributed by atoms with Gasteiger partial charge in [-0.05, 0) is 12.8 Å². The van der Waals surface area contributed by atoms with Crippen LogP contribution in [-0.4, -0.2) is 28.2 Å². The van der Waals surface area contributed by atoms with Crippen molar-refractivity contribution in [1.29, 1.82) is 0 Å². The molecule has 26 heavy (non-hydrogen) atoms. The summed E-state index contributed by atoms with van der Waals surface area (Å²) in [6.07, 6.45) is 16.6. The average molecular weight is 357 g/mol. The molecule has 4 nitrogen and oxygen atoms in total. The maximum Gasteiger partial charge on any atom is 0.170 e. The highest BCUT2D eigenvalue weighted by Crippen LogP contribution is 2.09. The summed E-state index contributed by atoms with van der Waals surface area (Å²) in [5.41, 5.74) is 2.52. The molecule has 2 heterocycles. The molecule has 4 heteroatoms. The Bertz CT molecular complexity index is 560. The monoisotopic (exact) mass is 356 g/mol. The highest BCUT2D eigenvalue weighted by Gasteiger charge is 2.03. The number of aromatic nitrogens is 2. The quantitative estimate of drug-likeness (QED) is 0.452. The van der Waals surface area contributed by atoms with Crippen LogP contribution in [-0.2, 0) is 13.1 Å². The van der Waals surface area contributed by atoms with Crippen molar-refractivity contribution in [1.82, 2.24) is 0 Å². The summed E-state index contributed by atoms with van der Waals surface area (Å²) >= 11 is 0. The predicted molar refractivity (Wildman–Crippen MR) is 110 cm³/mol. The molecule has 0 aliphatic carbocycles. The van der Waals surface area contributed by atoms with Gasteiger partial charge in [0.1, 0.15) is 13.1 Å². The number of aryl methyl sites for hydroxylation is 2. The van der Waals surface area contributed by atoms with Crippen molar-refractivity contribution in [3.8, 4) is 0 Å². The molecule has 0 saturated heterocycles. The zero-order chi connectivity index (χ0) is 18.8. The molecule has 0 unspecified atom stereocenters. The minimum absolute atomic E-state index is 1.13. The number of unbranched alkanes of at least 4 members (excludes halogenated alkanes) is 5. The van der Waals surface area contributed by atoms with E-state index in [1.165, 1.54) is 49.9 Å². The Morgan fingerprint density at radius 2 is 0.846 bits per heavy atom. The van der Waals surface area contributed by atoms with Gasteiger partial charge in [0.25, 0.3) is 0 Å². The van der Waals surface area contributed by atoms with Crippen molar-refractivity contribution >= 4 is 11.4 Å². The predicted octanol–water partition coefficient (Wildman–Crippen LogP) is 3.43. The molecule has 2 rings (SSSR count). The Morgan fingerprint density at radius 1 is 0.538 bits per heavy atom. The summed E-state index contributed by atoms with van der Waals surface area (Å²) in [6.45, 7) is 2.25. The Kier molecular flexibility index (Phi) is 8.39. The van der Waals surface area contributed by atoms with E-state index in [1.807, 2.05) is 0 Å². The molecular formula is C22H36N4+2. The summed E-state index contributed by atoms with van der Waals surface area (Å²) in [4.78, 5) is 4.28. The summed E-state index contributed by atoms with van der Waals surface area (Å²) < 4.78 is 4.59. The second kappa shape index (κ2) is 10.8. The van der Waals surface area contributed by atoms with E-state index in [2.05, 4.69) is 96.2 Å². The number of anilines is 2. The van der Waals surface area contributed by atoms with Gasteiger partial charge in [-0.15, -0.1) is 0 Å². The second-order valence-electron chi connectivity index (χ2n) is 7.50. The lowest BCUT2D eigenvalue weighted by Gasteiger charge is -2.10. The normalized spacial score (nSPS) is 10.8. The molecule has 2 aromatic rings. The Hall–Kier alpha value is -2.10. The van der Waals surface area contributed by atoms with Gasteiger partial charge in [-0.3, -0.25) is 0 Å². The first-order valence-electron chi connectivity index (χ1n) is 9.89. The third-order valence-corrected chi connectivity index (χ3v) is 4.86. The molecular weight excluding hydrogens is 320 g/mol. The van der Waals surface area contributed by atoms with Crippen LogP contribution >= 0.6 is 0 Å². The molecule has 0 N–H and O–H groups in total. The highest BCUT2D eigenvalue weighted by atomic mass is 15.1. The largest absolute Gasteiger partial charge is 0.377 e. The van der Waals surface area contributed by atoms with Crippen LogP contribution in [0, 0.1) is 0 Å². The minimum Gasteiger partial charge on any atom is -0.377 e.